The van der Waals surface area contributed by atoms with Gasteiger partial charge in [0.2, 0.25) is 0 Å². The van der Waals surface area contributed by atoms with Crippen LogP contribution in [0.25, 0.3) is 0 Å². The molecule has 0 unspecified atom stereocenters. The van der Waals surface area contributed by atoms with Crippen molar-refractivity contribution in [2.45, 2.75) is 0 Å². The van der Waals surface area contributed by atoms with E-state index in [1.54, 1.807) is 0 Å². The van der Waals surface area contributed by atoms with Crippen molar-refractivity contribution in [2.24, 2.45) is 0 Å². The van der Waals surface area contributed by atoms with Crippen LogP contribution in [0.3, 0.4) is 0 Å². The first-order valence-corrected chi connectivity index (χ1v) is 0. The van der Waals surface area contributed by atoms with Crippen molar-refractivity contribution in [2.75, 3.05) is 0 Å². The van der Waals surface area contributed by atoms with Gasteiger partial charge in [-0.2, -0.15) is 0 Å². The van der Waals surface area contributed by atoms with Crippen LogP contribution in [-0.2, 0) is 0 Å². The third kappa shape index (κ3) is 23.5. The number of hydrogen-bond acceptors (Lipinski definition) is 0. The molecule has 6 heavy (non-hydrogen) atoms. The summed E-state index contributed by atoms with van der Waals surface area (Å²) in [7, 11) is 0. The van der Waals surface area contributed by atoms with Crippen molar-refractivity contribution in [1.29, 1.82) is 0 Å². The summed E-state index contributed by atoms with van der Waals surface area (Å²) in [6.07, 6.45) is 0. The second kappa shape index (κ2) is 33.7. The molecule has 0 heterocycles. The van der Waals surface area contributed by atoms with Gasteiger partial charge >= 0.3 is 108 Å². The van der Waals surface area contributed by atoms with Gasteiger partial charge in [0.15, 0.2) is 0 Å². The summed E-state index contributed by atoms with van der Waals surface area (Å²) >= 11 is 0. The maximum Gasteiger partial charge on any atom is 3.00 e. The first-order chi connectivity index (χ1) is 0. The third-order valence-electron chi connectivity index (χ3n) is 0. The van der Waals surface area contributed by atoms with Crippen LogP contribution in [0.4, 0.5) is 0 Å². The third-order valence-corrected chi connectivity index (χ3v) is 0. The van der Waals surface area contributed by atoms with E-state index in [1.807, 2.05) is 0 Å². The average Bonchev–Trinajstić information content (AvgIpc) is 0. The standard InChI is InChI=1S/4ClH.Eu.Rb/h4*1H;;/q;;;;+3;+1/p-4. The maximum absolute atomic E-state index is 0. The molecular formula is Cl4EuRb. The van der Waals surface area contributed by atoms with E-state index < -0.39 is 0 Å². The molecule has 0 spiro atoms. The molecule has 0 saturated heterocycles. The quantitative estimate of drug-likeness (QED) is 0.392. The predicted molar refractivity (Wildman–Crippen MR) is 0 cm³/mol. The Kier molecular flexibility index (Phi) is 261. The topological polar surface area (TPSA) is 0 Å². The first-order valence-electron chi connectivity index (χ1n) is 0. The Bertz CT molecular complexity index is 7.51. The zero-order valence-electron chi connectivity index (χ0n) is 2.89. The summed E-state index contributed by atoms with van der Waals surface area (Å²) in [6.45, 7) is 0. The second-order valence-corrected chi connectivity index (χ2v) is 0. The largest absolute Gasteiger partial charge is 3.00 e. The van der Waals surface area contributed by atoms with Crippen LogP contribution in [0.1, 0.15) is 0 Å². The van der Waals surface area contributed by atoms with Crippen molar-refractivity contribution >= 4 is 0 Å². The minimum absolute atomic E-state index is 0. The maximum atomic E-state index is 0. The van der Waals surface area contributed by atoms with E-state index >= 15 is 0 Å². The molecule has 0 aromatic carbocycles. The molecule has 0 amide bonds. The van der Waals surface area contributed by atoms with E-state index in [0.29, 0.717) is 0 Å². The summed E-state index contributed by atoms with van der Waals surface area (Å²) in [5, 5.41) is 0. The molecule has 0 rings (SSSR count). The zero-order valence-corrected chi connectivity index (χ0v) is 13.3. The van der Waals surface area contributed by atoms with Crippen LogP contribution in [0.2, 0.25) is 0 Å². The smallest absolute Gasteiger partial charge is 1.00 e. The molecule has 0 atom stereocenters. The van der Waals surface area contributed by atoms with E-state index in [9.17, 15) is 0 Å². The summed E-state index contributed by atoms with van der Waals surface area (Å²) in [5.41, 5.74) is 0. The Balaban J connectivity index is 0. The van der Waals surface area contributed by atoms with Gasteiger partial charge in [-0.1, -0.05) is 0 Å². The molecule has 0 N–H and O–H groups in total. The number of halogens is 4. The van der Waals surface area contributed by atoms with E-state index in [0.717, 1.165) is 0 Å². The van der Waals surface area contributed by atoms with E-state index in [-0.39, 0.29) is 157 Å². The van der Waals surface area contributed by atoms with Crippen LogP contribution in [0.5, 0.6) is 0 Å². The molecule has 0 bridgehead atoms. The molecule has 0 nitrogen and oxygen atoms in total. The Morgan fingerprint density at radius 2 is 0.500 bits per heavy atom. The van der Waals surface area contributed by atoms with Crippen LogP contribution < -0.4 is 108 Å². The van der Waals surface area contributed by atoms with Gasteiger partial charge in [0.1, 0.15) is 0 Å². The summed E-state index contributed by atoms with van der Waals surface area (Å²) in [4.78, 5) is 0. The van der Waals surface area contributed by atoms with Gasteiger partial charge in [-0.05, 0) is 0 Å². The summed E-state index contributed by atoms with van der Waals surface area (Å²) < 4.78 is 0. The molecule has 0 aromatic heterocycles. The van der Waals surface area contributed by atoms with E-state index in [1.165, 1.54) is 0 Å². The monoisotopic (exact) mass is 378 g/mol. The molecule has 0 fully saturated rings. The molecule has 0 aliphatic heterocycles. The van der Waals surface area contributed by atoms with Crippen LogP contribution in [-0.4, -0.2) is 0 Å². The van der Waals surface area contributed by atoms with Crippen molar-refractivity contribution in [3.05, 3.63) is 0 Å². The molecule has 36 valence electrons. The van der Waals surface area contributed by atoms with Gasteiger partial charge in [0.05, 0.1) is 0 Å². The van der Waals surface area contributed by atoms with Gasteiger partial charge in [-0.3, -0.25) is 0 Å². The molecule has 0 saturated carbocycles. The molecule has 0 radical (unpaired) electrons. The Morgan fingerprint density at radius 1 is 0.500 bits per heavy atom. The van der Waals surface area contributed by atoms with Crippen molar-refractivity contribution in [3.8, 4) is 0 Å². The zero-order chi connectivity index (χ0) is 0. The predicted octanol–water partition coefficient (Wildman–Crippen LogP) is -15.0. The molecule has 0 aliphatic carbocycles. The number of hydrogen-bond donors (Lipinski definition) is 0. The number of rotatable bonds is 0. The van der Waals surface area contributed by atoms with Crippen molar-refractivity contribution in [1.82, 2.24) is 0 Å². The summed E-state index contributed by atoms with van der Waals surface area (Å²) in [5.74, 6) is 0. The van der Waals surface area contributed by atoms with Crippen LogP contribution in [0.15, 0.2) is 0 Å². The van der Waals surface area contributed by atoms with Gasteiger partial charge in [0.25, 0.3) is 0 Å². The van der Waals surface area contributed by atoms with Crippen LogP contribution in [0, 0.1) is 49.4 Å². The SMILES string of the molecule is [Cl-].[Cl-].[Cl-].[Cl-].[Eu+3].[Rb+]. The normalized spacial score (nSPS) is 0. The average molecular weight is 379 g/mol. The van der Waals surface area contributed by atoms with Gasteiger partial charge in [-0.25, -0.2) is 0 Å². The molecule has 0 aliphatic rings. The minimum atomic E-state index is 0. The molecule has 6 heteroatoms. The van der Waals surface area contributed by atoms with Gasteiger partial charge in [-0.15, -0.1) is 0 Å². The minimum Gasteiger partial charge on any atom is -1.00 e. The fraction of sp³-hybridized carbons (Fsp3) is 0. The second-order valence-electron chi connectivity index (χ2n) is 0. The molecule has 0 aromatic rings. The van der Waals surface area contributed by atoms with E-state index in [4.69, 9.17) is 0 Å². The Hall–Kier alpha value is 4.55. The van der Waals surface area contributed by atoms with Crippen molar-refractivity contribution < 1.29 is 157 Å². The van der Waals surface area contributed by atoms with E-state index in [2.05, 4.69) is 0 Å². The fourth-order valence-corrected chi connectivity index (χ4v) is 0. The van der Waals surface area contributed by atoms with Crippen LogP contribution >= 0.6 is 0 Å². The van der Waals surface area contributed by atoms with Crippen molar-refractivity contribution in [3.63, 3.8) is 0 Å². The Morgan fingerprint density at radius 3 is 0.500 bits per heavy atom. The first kappa shape index (κ1) is 46.5. The molecular weight excluding hydrogens is 379 g/mol. The fourth-order valence-electron chi connectivity index (χ4n) is 0. The van der Waals surface area contributed by atoms with Gasteiger partial charge in [0, 0.05) is 0 Å². The Labute approximate surface area is 152 Å². The van der Waals surface area contributed by atoms with Gasteiger partial charge < -0.3 is 49.6 Å². The summed E-state index contributed by atoms with van der Waals surface area (Å²) in [6, 6.07) is 0.